The van der Waals surface area contributed by atoms with Gasteiger partial charge in [0, 0.05) is 25.1 Å². The summed E-state index contributed by atoms with van der Waals surface area (Å²) in [5.41, 5.74) is 9.94. The predicted molar refractivity (Wildman–Crippen MR) is 144 cm³/mol. The maximum Gasteiger partial charge on any atom is 0.246 e. The zero-order chi connectivity index (χ0) is 26.8. The second-order valence-corrected chi connectivity index (χ2v) is 9.59. The average Bonchev–Trinajstić information content (AvgIpc) is 3.34. The van der Waals surface area contributed by atoms with Crippen molar-refractivity contribution in [2.75, 3.05) is 18.8 Å². The zero-order valence-corrected chi connectivity index (χ0v) is 21.2. The number of carbonyl (C=O) groups is 2. The van der Waals surface area contributed by atoms with Crippen LogP contribution in [0.2, 0.25) is 0 Å². The molecule has 0 radical (unpaired) electrons. The topological polar surface area (TPSA) is 107 Å². The van der Waals surface area contributed by atoms with E-state index in [2.05, 4.69) is 16.5 Å². The SMILES string of the molecule is C=CC(=O)N1CCC[C@@H](n2nc(-c3ccc(CCC(=O)c4cccc(C)c4F)cc3)c3c(N)ncnc32)C1. The van der Waals surface area contributed by atoms with Crippen molar-refractivity contribution in [1.29, 1.82) is 0 Å². The van der Waals surface area contributed by atoms with E-state index in [0.29, 0.717) is 47.6 Å². The van der Waals surface area contributed by atoms with E-state index < -0.39 is 5.82 Å². The highest BCUT2D eigenvalue weighted by molar-refractivity contribution is 5.98. The third-order valence-electron chi connectivity index (χ3n) is 7.11. The van der Waals surface area contributed by atoms with Crippen LogP contribution in [0.4, 0.5) is 10.2 Å². The van der Waals surface area contributed by atoms with Gasteiger partial charge in [-0.25, -0.2) is 19.0 Å². The summed E-state index contributed by atoms with van der Waals surface area (Å²) in [4.78, 5) is 35.2. The molecule has 0 saturated carbocycles. The van der Waals surface area contributed by atoms with E-state index in [9.17, 15) is 14.0 Å². The minimum Gasteiger partial charge on any atom is -0.383 e. The van der Waals surface area contributed by atoms with Gasteiger partial charge in [-0.2, -0.15) is 5.10 Å². The summed E-state index contributed by atoms with van der Waals surface area (Å²) < 4.78 is 16.2. The highest BCUT2D eigenvalue weighted by atomic mass is 19.1. The molecule has 0 bridgehead atoms. The van der Waals surface area contributed by atoms with E-state index in [-0.39, 0.29) is 29.7 Å². The number of ketones is 1. The first-order valence-electron chi connectivity index (χ1n) is 12.6. The maximum atomic E-state index is 14.3. The van der Waals surface area contributed by atoms with Gasteiger partial charge in [0.1, 0.15) is 23.7 Å². The third-order valence-corrected chi connectivity index (χ3v) is 7.11. The smallest absolute Gasteiger partial charge is 0.246 e. The molecule has 2 N–H and O–H groups in total. The lowest BCUT2D eigenvalue weighted by Gasteiger charge is -2.32. The largest absolute Gasteiger partial charge is 0.383 e. The van der Waals surface area contributed by atoms with Gasteiger partial charge >= 0.3 is 0 Å². The van der Waals surface area contributed by atoms with Crippen molar-refractivity contribution in [3.8, 4) is 11.3 Å². The Kier molecular flexibility index (Phi) is 7.00. The van der Waals surface area contributed by atoms with E-state index in [1.54, 1.807) is 24.0 Å². The van der Waals surface area contributed by atoms with Crippen molar-refractivity contribution in [3.05, 3.63) is 84.0 Å². The number of carbonyl (C=O) groups excluding carboxylic acids is 2. The highest BCUT2D eigenvalue weighted by Crippen LogP contribution is 2.34. The number of aryl methyl sites for hydroxylation is 2. The number of piperidine rings is 1. The van der Waals surface area contributed by atoms with Crippen LogP contribution < -0.4 is 5.73 Å². The number of anilines is 1. The fourth-order valence-corrected chi connectivity index (χ4v) is 5.02. The van der Waals surface area contributed by atoms with Gasteiger partial charge in [0.15, 0.2) is 11.4 Å². The van der Waals surface area contributed by atoms with Crippen LogP contribution >= 0.6 is 0 Å². The van der Waals surface area contributed by atoms with Crippen LogP contribution in [0.15, 0.2) is 61.4 Å². The van der Waals surface area contributed by atoms with Crippen LogP contribution in [-0.4, -0.2) is 49.4 Å². The fourth-order valence-electron chi connectivity index (χ4n) is 5.02. The van der Waals surface area contributed by atoms with E-state index in [1.165, 1.54) is 18.5 Å². The Morgan fingerprint density at radius 3 is 2.74 bits per heavy atom. The standard InChI is InChI=1S/C29H29FN6O2/c1-3-24(38)35-15-5-7-21(16-35)36-29-25(28(31)32-17-33-29)27(34-36)20-12-9-19(10-13-20)11-14-23(37)22-8-4-6-18(2)26(22)30/h3-4,6,8-10,12-13,17,21H,1,5,7,11,14-16H2,2H3,(H2,31,32,33)/t21-/m1/s1. The Morgan fingerprint density at radius 2 is 1.97 bits per heavy atom. The van der Waals surface area contributed by atoms with Crippen molar-refractivity contribution in [2.24, 2.45) is 0 Å². The molecule has 4 aromatic rings. The Hall–Kier alpha value is -4.40. The number of halogens is 1. The zero-order valence-electron chi connectivity index (χ0n) is 21.2. The second-order valence-electron chi connectivity index (χ2n) is 9.59. The summed E-state index contributed by atoms with van der Waals surface area (Å²) in [6.45, 7) is 6.46. The lowest BCUT2D eigenvalue weighted by molar-refractivity contribution is -0.127. The Labute approximate surface area is 220 Å². The minimum absolute atomic E-state index is 0.0505. The number of rotatable bonds is 7. The molecule has 2 aromatic carbocycles. The van der Waals surface area contributed by atoms with Crippen molar-refractivity contribution in [3.63, 3.8) is 0 Å². The van der Waals surface area contributed by atoms with Crippen molar-refractivity contribution >= 4 is 28.5 Å². The van der Waals surface area contributed by atoms with E-state index in [1.807, 2.05) is 28.9 Å². The maximum absolute atomic E-state index is 14.3. The Morgan fingerprint density at radius 1 is 1.18 bits per heavy atom. The molecular weight excluding hydrogens is 483 g/mol. The molecule has 5 rings (SSSR count). The number of likely N-dealkylation sites (tertiary alicyclic amines) is 1. The van der Waals surface area contributed by atoms with Gasteiger partial charge in [0.2, 0.25) is 5.91 Å². The van der Waals surface area contributed by atoms with Gasteiger partial charge in [-0.1, -0.05) is 43.0 Å². The van der Waals surface area contributed by atoms with Crippen LogP contribution in [0.25, 0.3) is 22.3 Å². The molecule has 0 aliphatic carbocycles. The van der Waals surface area contributed by atoms with Crippen molar-refractivity contribution in [1.82, 2.24) is 24.6 Å². The molecule has 2 aromatic heterocycles. The summed E-state index contributed by atoms with van der Waals surface area (Å²) in [6, 6.07) is 12.6. The van der Waals surface area contributed by atoms with Crippen LogP contribution in [0.5, 0.6) is 0 Å². The lowest BCUT2D eigenvalue weighted by atomic mass is 9.99. The highest BCUT2D eigenvalue weighted by Gasteiger charge is 2.28. The number of nitrogens with zero attached hydrogens (tertiary/aromatic N) is 5. The van der Waals surface area contributed by atoms with Crippen LogP contribution in [-0.2, 0) is 11.2 Å². The number of benzene rings is 2. The normalized spacial score (nSPS) is 15.5. The fraction of sp³-hybridized carbons (Fsp3) is 0.276. The first kappa shape index (κ1) is 25.3. The molecule has 1 amide bonds. The monoisotopic (exact) mass is 512 g/mol. The number of nitrogen functional groups attached to an aromatic ring is 1. The van der Waals surface area contributed by atoms with Gasteiger partial charge in [-0.05, 0) is 49.5 Å². The summed E-state index contributed by atoms with van der Waals surface area (Å²) in [5, 5.41) is 5.56. The number of Topliss-reactive ketones (excluding diaryl/α,β-unsaturated/α-hetero) is 1. The van der Waals surface area contributed by atoms with Crippen molar-refractivity contribution in [2.45, 2.75) is 38.6 Å². The molecule has 1 aliphatic rings. The Balaban J connectivity index is 1.39. The molecule has 0 unspecified atom stereocenters. The number of amides is 1. The molecule has 0 spiro atoms. The van der Waals surface area contributed by atoms with Crippen LogP contribution in [0.3, 0.4) is 0 Å². The molecule has 1 saturated heterocycles. The van der Waals surface area contributed by atoms with Gasteiger partial charge < -0.3 is 10.6 Å². The van der Waals surface area contributed by atoms with Gasteiger partial charge in [-0.3, -0.25) is 9.59 Å². The first-order valence-corrected chi connectivity index (χ1v) is 12.6. The number of nitrogens with two attached hydrogens (primary N) is 1. The summed E-state index contributed by atoms with van der Waals surface area (Å²) >= 11 is 0. The summed E-state index contributed by atoms with van der Waals surface area (Å²) in [5.74, 6) is -0.438. The summed E-state index contributed by atoms with van der Waals surface area (Å²) in [6.07, 6.45) is 5.16. The van der Waals surface area contributed by atoms with Crippen molar-refractivity contribution < 1.29 is 14.0 Å². The van der Waals surface area contributed by atoms with E-state index in [4.69, 9.17) is 10.8 Å². The van der Waals surface area contributed by atoms with E-state index in [0.717, 1.165) is 24.0 Å². The lowest BCUT2D eigenvalue weighted by Crippen LogP contribution is -2.40. The second kappa shape index (κ2) is 10.5. The Bertz CT molecular complexity index is 1530. The quantitative estimate of drug-likeness (QED) is 0.284. The first-order chi connectivity index (χ1) is 18.4. The van der Waals surface area contributed by atoms with Gasteiger partial charge in [0.25, 0.3) is 0 Å². The molecule has 1 fully saturated rings. The summed E-state index contributed by atoms with van der Waals surface area (Å²) in [7, 11) is 0. The molecule has 38 heavy (non-hydrogen) atoms. The van der Waals surface area contributed by atoms with Gasteiger partial charge in [-0.15, -0.1) is 0 Å². The average molecular weight is 513 g/mol. The molecule has 9 heteroatoms. The predicted octanol–water partition coefficient (Wildman–Crippen LogP) is 4.69. The van der Waals surface area contributed by atoms with E-state index >= 15 is 0 Å². The van der Waals surface area contributed by atoms with Crippen LogP contribution in [0.1, 0.15) is 46.8 Å². The molecule has 1 atom stereocenters. The number of aromatic nitrogens is 4. The molecule has 3 heterocycles. The number of fused-ring (bicyclic) bond motifs is 1. The number of hydrogen-bond acceptors (Lipinski definition) is 6. The molecular formula is C29H29FN6O2. The third kappa shape index (κ3) is 4.79. The molecule has 1 aliphatic heterocycles. The van der Waals surface area contributed by atoms with Crippen LogP contribution in [0, 0.1) is 12.7 Å². The number of hydrogen-bond donors (Lipinski definition) is 1. The molecule has 8 nitrogen and oxygen atoms in total. The minimum atomic E-state index is -0.454. The van der Waals surface area contributed by atoms with Gasteiger partial charge in [0.05, 0.1) is 17.0 Å². The molecule has 194 valence electrons.